The number of aromatic nitrogens is 5. The number of aliphatic hydroxyl groups excluding tert-OH is 2. The molecule has 0 aliphatic rings. The minimum absolute atomic E-state index is 0. The molecule has 0 aliphatic carbocycles. The summed E-state index contributed by atoms with van der Waals surface area (Å²) in [7, 11) is 1.68. The van der Waals surface area contributed by atoms with Gasteiger partial charge in [-0.05, 0) is 132 Å². The molecule has 5 aromatic heterocycles. The van der Waals surface area contributed by atoms with Crippen LogP contribution in [0.15, 0.2) is 279 Å². The van der Waals surface area contributed by atoms with Gasteiger partial charge in [-0.15, -0.1) is 130 Å². The number of hydrogen-bond donors (Lipinski definition) is 3. The number of allylic oxidation sites excluding steroid dienone is 4. The summed E-state index contributed by atoms with van der Waals surface area (Å²) in [5, 5.41) is 31.8. The van der Waals surface area contributed by atoms with E-state index in [9.17, 15) is 27.6 Å². The van der Waals surface area contributed by atoms with Crippen molar-refractivity contribution in [2.24, 2.45) is 0 Å². The van der Waals surface area contributed by atoms with Gasteiger partial charge in [0.2, 0.25) is 0 Å². The van der Waals surface area contributed by atoms with Crippen LogP contribution in [0, 0.1) is 24.3 Å². The molecule has 106 heavy (non-hydrogen) atoms. The van der Waals surface area contributed by atoms with Gasteiger partial charge in [-0.3, -0.25) is 29.5 Å². The second-order valence-electron chi connectivity index (χ2n) is 23.3. The third-order valence-electron chi connectivity index (χ3n) is 15.1. The summed E-state index contributed by atoms with van der Waals surface area (Å²) < 4.78 is 43.4. The number of hydrogen-bond acceptors (Lipinski definition) is 11. The summed E-state index contributed by atoms with van der Waals surface area (Å²) in [4.78, 5) is 52.4. The number of methoxy groups -OCH3 is 1. The Bertz CT molecular complexity index is 5210. The smallest absolute Gasteiger partial charge is 0.399 e. The van der Waals surface area contributed by atoms with Crippen LogP contribution in [0.5, 0.6) is 5.75 Å². The first-order chi connectivity index (χ1) is 49.0. The van der Waals surface area contributed by atoms with Crippen LogP contribution in [0.4, 0.5) is 13.2 Å². The van der Waals surface area contributed by atoms with Crippen molar-refractivity contribution in [3.63, 3.8) is 0 Å². The SMILES string of the molecule is CC(=O)C=C(C)O.CC(=O)C=C(C)O.CC(C)c1cc2ccccc2nc1-c1[c-]cccc1.CCc1cc[c-]c(-c2ccc3ccccc3n2)c1.COc1ccc2cc(-c3ccc4ccccc4n3)[c-]cc2c1.FC(F)(F)c1cc[c-]c(-c2ccc3ccccc3n2)c1.O=C(O)c1ccccn1.[Ir].[Ir].[Ir].[Ir]. The molecule has 0 fully saturated rings. The van der Waals surface area contributed by atoms with Crippen LogP contribution in [0.1, 0.15) is 81.6 Å². The number of carbonyl (C=O) groups excluding carboxylic acids is 2. The van der Waals surface area contributed by atoms with Gasteiger partial charge in [0.05, 0.1) is 40.7 Å². The predicted octanol–water partition coefficient (Wildman–Crippen LogP) is 21.5. The summed E-state index contributed by atoms with van der Waals surface area (Å²) in [5.74, 6) is 0.189. The number of aryl methyl sites for hydroxylation is 1. The molecule has 0 saturated heterocycles. The summed E-state index contributed by atoms with van der Waals surface area (Å²) in [5.41, 5.74) is 12.7. The zero-order valence-electron chi connectivity index (χ0n) is 58.9. The summed E-state index contributed by atoms with van der Waals surface area (Å²) in [6.07, 6.45) is 0.458. The molecule has 0 saturated carbocycles. The first kappa shape index (κ1) is 88.5. The Morgan fingerprint density at radius 2 is 0.915 bits per heavy atom. The van der Waals surface area contributed by atoms with Crippen molar-refractivity contribution in [2.75, 3.05) is 7.11 Å². The van der Waals surface area contributed by atoms with E-state index in [2.05, 4.69) is 145 Å². The Morgan fingerprint density at radius 1 is 0.462 bits per heavy atom. The van der Waals surface area contributed by atoms with Gasteiger partial charge in [-0.1, -0.05) is 165 Å². The van der Waals surface area contributed by atoms with Gasteiger partial charge < -0.3 is 20.1 Å². The number of alkyl halides is 3. The molecular formula is C87H74F3Ir4N5O7-4. The zero-order valence-corrected chi connectivity index (χ0v) is 68.4. The molecule has 14 rings (SSSR count). The Kier molecular flexibility index (Phi) is 36.9. The molecule has 19 heteroatoms. The average molecular weight is 2130 g/mol. The van der Waals surface area contributed by atoms with E-state index in [0.29, 0.717) is 17.2 Å². The number of carboxylic acids is 1. The van der Waals surface area contributed by atoms with Gasteiger partial charge >= 0.3 is 12.1 Å². The third kappa shape index (κ3) is 27.2. The maximum atomic E-state index is 12.7. The topological polar surface area (TPSA) is 186 Å². The Labute approximate surface area is 669 Å². The van der Waals surface area contributed by atoms with Crippen LogP contribution in [0.25, 0.3) is 99.4 Å². The molecule has 0 unspecified atom stereocenters. The molecule has 0 bridgehead atoms. The molecule has 0 aliphatic heterocycles. The van der Waals surface area contributed by atoms with Crippen LogP contribution >= 0.6 is 0 Å². The minimum Gasteiger partial charge on any atom is -0.512 e. The Morgan fingerprint density at radius 3 is 1.34 bits per heavy atom. The normalized spacial score (nSPS) is 10.6. The van der Waals surface area contributed by atoms with E-state index < -0.39 is 17.7 Å². The predicted molar refractivity (Wildman–Crippen MR) is 402 cm³/mol. The van der Waals surface area contributed by atoms with Gasteiger partial charge in [-0.25, -0.2) is 9.78 Å². The van der Waals surface area contributed by atoms with Gasteiger partial charge in [0.25, 0.3) is 0 Å². The molecule has 5 heterocycles. The number of rotatable bonds is 10. The second kappa shape index (κ2) is 44.2. The maximum absolute atomic E-state index is 12.7. The van der Waals surface area contributed by atoms with Crippen molar-refractivity contribution in [1.29, 1.82) is 0 Å². The van der Waals surface area contributed by atoms with E-state index in [4.69, 9.17) is 30.0 Å². The number of para-hydroxylation sites is 4. The van der Waals surface area contributed by atoms with Gasteiger partial charge in [0, 0.05) is 98.8 Å². The molecule has 9 aromatic carbocycles. The van der Waals surface area contributed by atoms with E-state index in [1.807, 2.05) is 121 Å². The number of aromatic carboxylic acids is 1. The second-order valence-corrected chi connectivity index (χ2v) is 23.3. The third-order valence-corrected chi connectivity index (χ3v) is 15.1. The number of halogens is 3. The molecule has 550 valence electrons. The van der Waals surface area contributed by atoms with Crippen molar-refractivity contribution < 1.29 is 128 Å². The van der Waals surface area contributed by atoms with E-state index >= 15 is 0 Å². The van der Waals surface area contributed by atoms with Crippen molar-refractivity contribution in [3.8, 4) is 50.8 Å². The summed E-state index contributed by atoms with van der Waals surface area (Å²) >= 11 is 0. The fourth-order valence-electron chi connectivity index (χ4n) is 10.2. The van der Waals surface area contributed by atoms with E-state index in [-0.39, 0.29) is 109 Å². The molecule has 0 spiro atoms. The number of nitrogens with zero attached hydrogens (tertiary/aromatic N) is 5. The minimum atomic E-state index is -4.36. The number of ketones is 2. The monoisotopic (exact) mass is 2130 g/mol. The average Bonchev–Trinajstić information content (AvgIpc) is 0.734. The molecule has 0 amide bonds. The molecule has 12 nitrogen and oxygen atoms in total. The fourth-order valence-corrected chi connectivity index (χ4v) is 10.2. The molecule has 4 radical (unpaired) electrons. The van der Waals surface area contributed by atoms with Gasteiger partial charge in [0.1, 0.15) is 11.4 Å². The number of carboxylic acid groups (broad SMARTS) is 1. The van der Waals surface area contributed by atoms with E-state index in [0.717, 1.165) is 102 Å². The zero-order chi connectivity index (χ0) is 73.1. The number of benzene rings is 9. The number of pyridine rings is 5. The number of ether oxygens (including phenoxy) is 1. The number of aliphatic hydroxyl groups is 2. The van der Waals surface area contributed by atoms with Crippen LogP contribution in [-0.2, 0) is 103 Å². The van der Waals surface area contributed by atoms with Crippen molar-refractivity contribution in [2.45, 2.75) is 67.0 Å². The quantitative estimate of drug-likeness (QED) is 0.0669. The fraction of sp³-hybridized carbons (Fsp3) is 0.126. The van der Waals surface area contributed by atoms with E-state index in [1.54, 1.807) is 25.3 Å². The Hall–Kier alpha value is -9.89. The van der Waals surface area contributed by atoms with Crippen LogP contribution < -0.4 is 4.74 Å². The van der Waals surface area contributed by atoms with Crippen LogP contribution in [0.2, 0.25) is 0 Å². The standard InChI is InChI=1S/C20H14NO.C18H16N.C17H14N.C16H9F3N.C6H5NO2.2C5H8O2.4Ir/c1-22-18-10-8-15-12-17(7-6-16(15)13-18)20-11-9-14-4-2-3-5-19(14)21-20;1-13(2)16-12-15-10-6-7-11-17(15)19-18(16)14-8-4-3-5-9-14;1-2-13-6-5-8-15(12-13)17-11-10-14-7-3-4-9-16(14)18-17;17-16(18,19)13-6-3-5-12(10-13)15-9-8-11-4-1-2-7-14(11)20-15;8-6(9)5-3-1-2-4-7-5;2*1-4(6)3-5(2)7;;;;/h2-6,8-13H,1H3;3-8,10-13H,1-2H3;3-7,9-12H,2H2,1H3;1-4,6-10H;1-4H,(H,8,9);2*3,6H,1-2H3;;;;/q4*-1;;;;;;;. The Balaban J connectivity index is 0.000000269. The molecular weight excluding hydrogens is 2050 g/mol. The number of carbonyl (C=O) groups is 3. The van der Waals surface area contributed by atoms with Crippen molar-refractivity contribution in [3.05, 3.63) is 325 Å². The molecule has 3 N–H and O–H groups in total. The van der Waals surface area contributed by atoms with Crippen LogP contribution in [-0.4, -0.2) is 64.9 Å². The summed E-state index contributed by atoms with van der Waals surface area (Å²) in [6.45, 7) is 12.3. The van der Waals surface area contributed by atoms with Crippen LogP contribution in [0.3, 0.4) is 0 Å². The first-order valence-electron chi connectivity index (χ1n) is 32.5. The molecule has 14 aromatic rings. The van der Waals surface area contributed by atoms with Gasteiger partial charge in [-0.2, -0.15) is 13.2 Å². The maximum Gasteiger partial charge on any atom is 0.399 e. The molecule has 0 atom stereocenters. The van der Waals surface area contributed by atoms with E-state index in [1.165, 1.54) is 80.1 Å². The number of fused-ring (bicyclic) bond motifs is 5. The largest absolute Gasteiger partial charge is 0.512 e. The van der Waals surface area contributed by atoms with Crippen molar-refractivity contribution in [1.82, 2.24) is 24.9 Å². The van der Waals surface area contributed by atoms with Gasteiger partial charge in [0.15, 0.2) is 11.6 Å². The first-order valence-corrected chi connectivity index (χ1v) is 32.5. The van der Waals surface area contributed by atoms with Crippen molar-refractivity contribution >= 4 is 71.9 Å². The summed E-state index contributed by atoms with van der Waals surface area (Å²) in [6, 6.07) is 91.4.